The van der Waals surface area contributed by atoms with Gasteiger partial charge in [-0.15, -0.1) is 0 Å². The van der Waals surface area contributed by atoms with Crippen LogP contribution >= 0.6 is 0 Å². The Morgan fingerprint density at radius 1 is 1.07 bits per heavy atom. The molecule has 9 heteroatoms. The summed E-state index contributed by atoms with van der Waals surface area (Å²) >= 11 is 0. The van der Waals surface area contributed by atoms with Crippen molar-refractivity contribution < 1.29 is 18.2 Å². The van der Waals surface area contributed by atoms with Gasteiger partial charge in [-0.3, -0.25) is 9.78 Å². The van der Waals surface area contributed by atoms with E-state index in [4.69, 9.17) is 9.05 Å². The third-order valence-electron chi connectivity index (χ3n) is 5.02. The number of nitrogens with zero attached hydrogens (tertiary/aromatic N) is 5. The van der Waals surface area contributed by atoms with E-state index in [0.717, 1.165) is 5.56 Å². The molecule has 5 rings (SSSR count). The smallest absolute Gasteiger partial charge is 0.276 e. The first kappa shape index (κ1) is 18.2. The standard InChI is InChI=1S/C21H16FN5O3/c22-21(20-24-18(26-30-20)14-5-2-1-3-6-14)8-10-27(13-21)19(28)16-11-17(29-25-16)15-7-4-9-23-12-15/h1-7,9,11-12H,8,10,13H2. The van der Waals surface area contributed by atoms with Gasteiger partial charge in [-0.25, -0.2) is 4.39 Å². The van der Waals surface area contributed by atoms with Crippen LogP contribution in [0.4, 0.5) is 4.39 Å². The molecule has 0 bridgehead atoms. The van der Waals surface area contributed by atoms with E-state index < -0.39 is 11.6 Å². The molecule has 0 radical (unpaired) electrons. The van der Waals surface area contributed by atoms with Crippen molar-refractivity contribution in [2.75, 3.05) is 13.1 Å². The molecule has 0 spiro atoms. The van der Waals surface area contributed by atoms with E-state index in [1.54, 1.807) is 24.5 Å². The predicted octanol–water partition coefficient (Wildman–Crippen LogP) is 3.50. The van der Waals surface area contributed by atoms with E-state index in [1.165, 1.54) is 11.0 Å². The Kier molecular flexibility index (Phi) is 4.35. The van der Waals surface area contributed by atoms with Crippen molar-refractivity contribution in [3.63, 3.8) is 0 Å². The number of pyridine rings is 1. The number of alkyl halides is 1. The Morgan fingerprint density at radius 2 is 1.90 bits per heavy atom. The number of amides is 1. The second-order valence-electron chi connectivity index (χ2n) is 7.05. The third kappa shape index (κ3) is 3.24. The number of likely N-dealkylation sites (tertiary alicyclic amines) is 1. The molecule has 1 fully saturated rings. The summed E-state index contributed by atoms with van der Waals surface area (Å²) in [5.74, 6) is 0.177. The van der Waals surface area contributed by atoms with Crippen LogP contribution in [-0.4, -0.2) is 44.2 Å². The maximum atomic E-state index is 15.5. The number of carbonyl (C=O) groups excluding carboxylic acids is 1. The molecule has 1 aliphatic rings. The molecule has 0 N–H and O–H groups in total. The van der Waals surface area contributed by atoms with Gasteiger partial charge in [0.05, 0.1) is 6.54 Å². The molecule has 8 nitrogen and oxygen atoms in total. The highest BCUT2D eigenvalue weighted by atomic mass is 19.1. The summed E-state index contributed by atoms with van der Waals surface area (Å²) in [6.07, 6.45) is 3.30. The summed E-state index contributed by atoms with van der Waals surface area (Å²) in [4.78, 5) is 22.4. The summed E-state index contributed by atoms with van der Waals surface area (Å²) in [5.41, 5.74) is -0.378. The highest BCUT2D eigenvalue weighted by Crippen LogP contribution is 2.36. The van der Waals surface area contributed by atoms with Crippen LogP contribution in [0.3, 0.4) is 0 Å². The van der Waals surface area contributed by atoms with Gasteiger partial charge in [0.15, 0.2) is 11.5 Å². The van der Waals surface area contributed by atoms with Crippen molar-refractivity contribution in [1.82, 2.24) is 25.2 Å². The van der Waals surface area contributed by atoms with Crippen LogP contribution in [0.1, 0.15) is 22.8 Å². The summed E-state index contributed by atoms with van der Waals surface area (Å²) in [5, 5.41) is 7.71. The molecular weight excluding hydrogens is 389 g/mol. The van der Waals surface area contributed by atoms with E-state index >= 15 is 4.39 Å². The highest BCUT2D eigenvalue weighted by molar-refractivity contribution is 5.93. The fraction of sp³-hybridized carbons (Fsp3) is 0.190. The van der Waals surface area contributed by atoms with Crippen molar-refractivity contribution in [2.24, 2.45) is 0 Å². The molecule has 0 saturated carbocycles. The lowest BCUT2D eigenvalue weighted by Crippen LogP contribution is -2.32. The van der Waals surface area contributed by atoms with Gasteiger partial charge in [-0.1, -0.05) is 40.6 Å². The Morgan fingerprint density at radius 3 is 2.70 bits per heavy atom. The minimum atomic E-state index is -1.91. The number of halogens is 1. The third-order valence-corrected chi connectivity index (χ3v) is 5.02. The summed E-state index contributed by atoms with van der Waals surface area (Å²) in [6.45, 7) is 0.00477. The van der Waals surface area contributed by atoms with Gasteiger partial charge in [0.2, 0.25) is 11.5 Å². The van der Waals surface area contributed by atoms with Crippen LogP contribution in [0.5, 0.6) is 0 Å². The number of hydrogen-bond acceptors (Lipinski definition) is 7. The van der Waals surface area contributed by atoms with E-state index in [2.05, 4.69) is 20.3 Å². The van der Waals surface area contributed by atoms with E-state index in [1.807, 2.05) is 30.3 Å². The molecule has 1 aliphatic heterocycles. The van der Waals surface area contributed by atoms with Crippen LogP contribution < -0.4 is 0 Å². The van der Waals surface area contributed by atoms with Gasteiger partial charge in [-0.2, -0.15) is 4.98 Å². The lowest BCUT2D eigenvalue weighted by molar-refractivity contribution is 0.0707. The van der Waals surface area contributed by atoms with Gasteiger partial charge in [0.25, 0.3) is 11.8 Å². The highest BCUT2D eigenvalue weighted by Gasteiger charge is 2.47. The minimum absolute atomic E-state index is 0.0580. The molecule has 4 aromatic rings. The van der Waals surface area contributed by atoms with Crippen LogP contribution in [0, 0.1) is 0 Å². The Balaban J connectivity index is 1.32. The van der Waals surface area contributed by atoms with Crippen molar-refractivity contribution in [2.45, 2.75) is 12.1 Å². The Labute approximate surface area is 170 Å². The van der Waals surface area contributed by atoms with Gasteiger partial charge in [-0.05, 0) is 12.1 Å². The average molecular weight is 405 g/mol. The molecule has 1 amide bonds. The quantitative estimate of drug-likeness (QED) is 0.512. The number of benzene rings is 1. The SMILES string of the molecule is O=C(c1cc(-c2cccnc2)on1)N1CCC(F)(c2nc(-c3ccccc3)no2)C1. The number of rotatable bonds is 4. The summed E-state index contributed by atoms with van der Waals surface area (Å²) in [6, 6.07) is 14.2. The second kappa shape index (κ2) is 7.18. The van der Waals surface area contributed by atoms with Crippen LogP contribution in [0.15, 0.2) is 70.0 Å². The van der Waals surface area contributed by atoms with E-state index in [0.29, 0.717) is 17.1 Å². The maximum Gasteiger partial charge on any atom is 0.276 e. The maximum absolute atomic E-state index is 15.5. The largest absolute Gasteiger partial charge is 0.355 e. The number of carbonyl (C=O) groups is 1. The first-order valence-corrected chi connectivity index (χ1v) is 9.37. The lowest BCUT2D eigenvalue weighted by atomic mass is 10.1. The predicted molar refractivity (Wildman–Crippen MR) is 103 cm³/mol. The first-order valence-electron chi connectivity index (χ1n) is 9.37. The fourth-order valence-corrected chi connectivity index (χ4v) is 3.41. The van der Waals surface area contributed by atoms with Crippen molar-refractivity contribution in [1.29, 1.82) is 0 Å². The van der Waals surface area contributed by atoms with Gasteiger partial charge in [0.1, 0.15) is 0 Å². The molecule has 1 unspecified atom stereocenters. The molecule has 150 valence electrons. The van der Waals surface area contributed by atoms with Crippen LogP contribution in [0.2, 0.25) is 0 Å². The van der Waals surface area contributed by atoms with Crippen LogP contribution in [-0.2, 0) is 5.67 Å². The van der Waals surface area contributed by atoms with E-state index in [9.17, 15) is 4.79 Å². The Bertz CT molecular complexity index is 1180. The van der Waals surface area contributed by atoms with Gasteiger partial charge in [0, 0.05) is 42.6 Å². The fourth-order valence-electron chi connectivity index (χ4n) is 3.41. The monoisotopic (exact) mass is 405 g/mol. The van der Waals surface area contributed by atoms with E-state index in [-0.39, 0.29) is 31.1 Å². The normalized spacial score (nSPS) is 18.6. The zero-order valence-electron chi connectivity index (χ0n) is 15.7. The van der Waals surface area contributed by atoms with Crippen molar-refractivity contribution in [3.05, 3.63) is 72.5 Å². The van der Waals surface area contributed by atoms with Crippen molar-refractivity contribution in [3.8, 4) is 22.7 Å². The van der Waals surface area contributed by atoms with Crippen molar-refractivity contribution >= 4 is 5.91 Å². The topological polar surface area (TPSA) is 98.2 Å². The average Bonchev–Trinajstić information content (AvgIpc) is 3.54. The lowest BCUT2D eigenvalue weighted by Gasteiger charge is -2.16. The first-order chi connectivity index (χ1) is 14.6. The zero-order valence-corrected chi connectivity index (χ0v) is 15.7. The molecule has 30 heavy (non-hydrogen) atoms. The summed E-state index contributed by atoms with van der Waals surface area (Å²) < 4.78 is 26.0. The van der Waals surface area contributed by atoms with Gasteiger partial charge < -0.3 is 13.9 Å². The molecule has 4 heterocycles. The molecule has 3 aromatic heterocycles. The zero-order chi connectivity index (χ0) is 20.6. The molecular formula is C21H16FN5O3. The minimum Gasteiger partial charge on any atom is -0.355 e. The molecule has 0 aliphatic carbocycles. The number of aromatic nitrogens is 4. The summed E-state index contributed by atoms with van der Waals surface area (Å²) in [7, 11) is 0. The van der Waals surface area contributed by atoms with Crippen LogP contribution in [0.25, 0.3) is 22.7 Å². The molecule has 1 saturated heterocycles. The van der Waals surface area contributed by atoms with Gasteiger partial charge >= 0.3 is 0 Å². The number of hydrogen-bond donors (Lipinski definition) is 0. The Hall–Kier alpha value is -3.88. The molecule has 1 atom stereocenters. The second-order valence-corrected chi connectivity index (χ2v) is 7.05. The molecule has 1 aromatic carbocycles.